The van der Waals surface area contributed by atoms with Crippen molar-refractivity contribution in [2.45, 2.75) is 49.0 Å². The van der Waals surface area contributed by atoms with Crippen LogP contribution in [0.2, 0.25) is 0 Å². The number of ether oxygens (including phenoxy) is 2. The highest BCUT2D eigenvalue weighted by Gasteiger charge is 2.63. The average molecular weight is 728 g/mol. The van der Waals surface area contributed by atoms with Gasteiger partial charge in [0.1, 0.15) is 24.0 Å². The summed E-state index contributed by atoms with van der Waals surface area (Å²) in [4.78, 5) is 44.4. The minimum Gasteiger partial charge on any atom is -0.398 e. The van der Waals surface area contributed by atoms with Gasteiger partial charge in [0.25, 0.3) is 5.56 Å². The molecule has 0 amide bonds. The fourth-order valence-corrected chi connectivity index (χ4v) is 8.19. The molecule has 248 valence electrons. The van der Waals surface area contributed by atoms with Crippen molar-refractivity contribution < 1.29 is 50.5 Å². The fourth-order valence-electron chi connectivity index (χ4n) is 5.36. The van der Waals surface area contributed by atoms with Crippen LogP contribution in [0.3, 0.4) is 0 Å². The number of fused-ring (bicyclic) bond motifs is 5. The second-order valence-corrected chi connectivity index (χ2v) is 15.9. The number of anilines is 2. The van der Waals surface area contributed by atoms with Gasteiger partial charge in [-0.2, -0.15) is 18.4 Å². The summed E-state index contributed by atoms with van der Waals surface area (Å²) in [6.45, 7) is -10.8. The minimum absolute atomic E-state index is 0.0577. The maximum absolute atomic E-state index is 16.1. The van der Waals surface area contributed by atoms with Gasteiger partial charge < -0.3 is 44.3 Å². The summed E-state index contributed by atoms with van der Waals surface area (Å²) in [5.74, 6) is -4.25. The van der Waals surface area contributed by atoms with E-state index in [2.05, 4.69) is 25.3 Å². The summed E-state index contributed by atoms with van der Waals surface area (Å²) < 4.78 is 82.6. The zero-order valence-corrected chi connectivity index (χ0v) is 26.1. The monoisotopic (exact) mass is 727 g/mol. The van der Waals surface area contributed by atoms with Crippen molar-refractivity contribution in [1.82, 2.24) is 34.5 Å². The number of nitrogens with one attached hydrogen (secondary N) is 1. The van der Waals surface area contributed by atoms with Gasteiger partial charge in [0.15, 0.2) is 29.7 Å². The van der Waals surface area contributed by atoms with Crippen LogP contribution in [0.5, 0.6) is 0 Å². The molecule has 0 radical (unpaired) electrons. The van der Waals surface area contributed by atoms with E-state index in [4.69, 9.17) is 62.6 Å². The highest BCUT2D eigenvalue weighted by Crippen LogP contribution is 2.57. The Labute approximate surface area is 264 Å². The Kier molecular flexibility index (Phi) is 7.78. The summed E-state index contributed by atoms with van der Waals surface area (Å²) in [5.41, 5.74) is 10.6. The molecule has 2 unspecified atom stereocenters. The number of hydrogen-bond donors (Lipinski definition) is 5. The lowest BCUT2D eigenvalue weighted by Gasteiger charge is -2.28. The Bertz CT molecular complexity index is 2000. The largest absolute Gasteiger partial charge is 0.398 e. The molecule has 7 N–H and O–H groups in total. The molecule has 7 rings (SSSR count). The van der Waals surface area contributed by atoms with Crippen molar-refractivity contribution in [2.75, 3.05) is 24.7 Å². The summed E-state index contributed by atoms with van der Waals surface area (Å²) in [7, 11) is 0. The molecule has 3 aliphatic heterocycles. The van der Waals surface area contributed by atoms with Crippen molar-refractivity contribution >= 4 is 70.9 Å². The number of aromatic amines is 1. The zero-order valence-electron chi connectivity index (χ0n) is 22.7. The molecule has 0 aliphatic carbocycles. The average Bonchev–Trinajstić information content (AvgIpc) is 3.71. The lowest BCUT2D eigenvalue weighted by atomic mass is 10.1. The Hall–Kier alpha value is -2.66. The number of pyridine rings is 1. The fraction of sp³-hybridized carbons (Fsp3) is 0.476. The van der Waals surface area contributed by atoms with Crippen LogP contribution in [0, 0.1) is 0 Å². The van der Waals surface area contributed by atoms with Crippen LogP contribution in [-0.4, -0.2) is 94.0 Å². The molecule has 3 saturated heterocycles. The number of rotatable bonds is 2. The van der Waals surface area contributed by atoms with Crippen molar-refractivity contribution in [2.24, 2.45) is 0 Å². The molecule has 3 aliphatic rings. The van der Waals surface area contributed by atoms with Crippen LogP contribution in [0.4, 0.5) is 24.8 Å². The molecule has 0 aromatic carbocycles. The van der Waals surface area contributed by atoms with Gasteiger partial charge in [-0.05, 0) is 35.7 Å². The number of H-pyrrole nitrogens is 1. The Morgan fingerprint density at radius 2 is 1.78 bits per heavy atom. The number of aromatic nitrogens is 7. The van der Waals surface area contributed by atoms with E-state index in [0.29, 0.717) is 5.39 Å². The van der Waals surface area contributed by atoms with E-state index >= 15 is 13.2 Å². The van der Waals surface area contributed by atoms with Gasteiger partial charge in [0.05, 0.1) is 13.2 Å². The lowest BCUT2D eigenvalue weighted by molar-refractivity contribution is -0.135. The van der Waals surface area contributed by atoms with Crippen molar-refractivity contribution in [1.29, 1.82) is 0 Å². The number of hydrogen-bond acceptors (Lipinski definition) is 15. The molecule has 4 aromatic rings. The van der Waals surface area contributed by atoms with Crippen LogP contribution in [0.25, 0.3) is 22.2 Å². The number of nitrogen functional groups attached to an aromatic ring is 2. The van der Waals surface area contributed by atoms with Gasteiger partial charge in [-0.25, -0.2) is 9.37 Å². The summed E-state index contributed by atoms with van der Waals surface area (Å²) in [5, 5.41) is 7.87. The number of nitrogens with two attached hydrogens (primary N) is 2. The van der Waals surface area contributed by atoms with Gasteiger partial charge >= 0.3 is 19.4 Å². The summed E-state index contributed by atoms with van der Waals surface area (Å²) >= 11 is 10.1. The second-order valence-electron chi connectivity index (χ2n) is 10.4. The van der Waals surface area contributed by atoms with Crippen LogP contribution >= 0.6 is 13.4 Å². The molecule has 18 nitrogen and oxygen atoms in total. The third-order valence-corrected chi connectivity index (χ3v) is 10.5. The van der Waals surface area contributed by atoms with E-state index in [1.54, 1.807) is 0 Å². The maximum Gasteiger partial charge on any atom is 0.325 e. The highest BCUT2D eigenvalue weighted by atomic mass is 32.5. The van der Waals surface area contributed by atoms with E-state index in [0.717, 1.165) is 9.25 Å². The normalized spacial score (nSPS) is 36.7. The smallest absolute Gasteiger partial charge is 0.325 e. The first-order chi connectivity index (χ1) is 21.6. The van der Waals surface area contributed by atoms with Crippen LogP contribution in [0.1, 0.15) is 12.5 Å². The predicted octanol–water partition coefficient (Wildman–Crippen LogP) is 0.748. The number of halogens is 3. The minimum atomic E-state index is -4.59. The Balaban J connectivity index is 1.23. The van der Waals surface area contributed by atoms with Crippen LogP contribution in [0.15, 0.2) is 29.3 Å². The third kappa shape index (κ3) is 5.43. The van der Waals surface area contributed by atoms with E-state index in [1.165, 1.54) is 24.5 Å². The van der Waals surface area contributed by atoms with Crippen molar-refractivity contribution in [3.63, 3.8) is 0 Å². The Morgan fingerprint density at radius 1 is 1.07 bits per heavy atom. The van der Waals surface area contributed by atoms with Gasteiger partial charge in [-0.15, -0.1) is 5.10 Å². The second kappa shape index (κ2) is 11.2. The van der Waals surface area contributed by atoms with E-state index < -0.39 is 81.2 Å². The van der Waals surface area contributed by atoms with Gasteiger partial charge in [-0.3, -0.25) is 18.8 Å². The topological polar surface area (TPSA) is 242 Å². The predicted molar refractivity (Wildman–Crippen MR) is 157 cm³/mol. The maximum atomic E-state index is 16.1. The zero-order chi connectivity index (χ0) is 32.8. The highest BCUT2D eigenvalue weighted by molar-refractivity contribution is 8.07. The van der Waals surface area contributed by atoms with Crippen molar-refractivity contribution in [3.05, 3.63) is 34.9 Å². The van der Waals surface area contributed by atoms with Gasteiger partial charge in [0.2, 0.25) is 12.2 Å². The number of alkyl halides is 3. The summed E-state index contributed by atoms with van der Waals surface area (Å²) in [6.07, 6.45) is -10.8. The molecule has 3 fully saturated rings. The van der Waals surface area contributed by atoms with Gasteiger partial charge in [-0.1, -0.05) is 5.21 Å². The lowest BCUT2D eigenvalue weighted by Crippen LogP contribution is -2.41. The first kappa shape index (κ1) is 31.9. The third-order valence-electron chi connectivity index (χ3n) is 7.42. The van der Waals surface area contributed by atoms with E-state index in [9.17, 15) is 14.6 Å². The standard InChI is InChI=1S/C21H22F3N9O9P2S2/c22-11-9-5-37-44(36,46)42-14-10(40-19(21(14,23)24)32-4-2-7-8(25)1-3-27-15(7)32)6-38-43(35,45)41-13(11)18(39-9)33-16-12(30-31-33)17(34)29-20(26)28-16/h1-4,9-11,13-14,18-19H,5-6H2,(H2,25,27)(H,35,45)(H,36,46)(H3,26,28,29,34)/t9-,10-,11+,13-,14-,18-,19-,43?,44?/m1/s1. The molecule has 25 heteroatoms. The van der Waals surface area contributed by atoms with Crippen LogP contribution in [-0.2, 0) is 51.2 Å². The molecule has 46 heavy (non-hydrogen) atoms. The molecular weight excluding hydrogens is 705 g/mol. The van der Waals surface area contributed by atoms with Gasteiger partial charge in [0, 0.05) is 23.5 Å². The van der Waals surface area contributed by atoms with Crippen molar-refractivity contribution in [3.8, 4) is 0 Å². The number of nitrogens with zero attached hydrogens (tertiary/aromatic N) is 6. The van der Waals surface area contributed by atoms with Crippen LogP contribution < -0.4 is 17.0 Å². The quantitative estimate of drug-likeness (QED) is 0.179. The molecule has 4 aromatic heterocycles. The van der Waals surface area contributed by atoms with E-state index in [-0.39, 0.29) is 28.4 Å². The summed E-state index contributed by atoms with van der Waals surface area (Å²) in [6, 6.07) is 2.95. The SMILES string of the molecule is Nc1nc2c(nnn2[C@@H]2O[C@@H]3COP(O)(=S)O[C@@H]4[C@@H](COP(O)(=S)O[C@@H]2[C@H]3F)O[C@@H](n2ccc3c(N)ccnc32)C4(F)F)c(=O)[nH]1. The molecule has 0 saturated carbocycles. The Morgan fingerprint density at radius 3 is 2.54 bits per heavy atom. The van der Waals surface area contributed by atoms with E-state index in [1.807, 2.05) is 0 Å². The first-order valence-electron chi connectivity index (χ1n) is 13.1. The molecular formula is C21H22F3N9O9P2S2. The first-order valence-corrected chi connectivity index (χ1v) is 18.3. The molecule has 9 atom stereocenters. The molecule has 2 bridgehead atoms. The molecule has 7 heterocycles. The molecule has 0 spiro atoms.